The number of rotatable bonds is 4. The van der Waals surface area contributed by atoms with Crippen molar-refractivity contribution in [1.29, 1.82) is 0 Å². The maximum atomic E-state index is 2.55. The van der Waals surface area contributed by atoms with E-state index in [1.807, 2.05) is 0 Å². The van der Waals surface area contributed by atoms with Crippen molar-refractivity contribution in [2.24, 2.45) is 0 Å². The highest BCUT2D eigenvalue weighted by Gasteiger charge is 2.48. The molecule has 0 bridgehead atoms. The molecule has 0 nitrogen and oxygen atoms in total. The highest BCUT2D eigenvalue weighted by molar-refractivity contribution is 6.90. The molecule has 0 aliphatic heterocycles. The number of hydrogen-bond acceptors (Lipinski definition) is 0. The number of allylic oxidation sites excluding steroid dienone is 1. The van der Waals surface area contributed by atoms with E-state index in [2.05, 4.69) is 78.8 Å². The van der Waals surface area contributed by atoms with Gasteiger partial charge in [-0.15, -0.1) is 0 Å². The van der Waals surface area contributed by atoms with E-state index < -0.39 is 8.07 Å². The first kappa shape index (κ1) is 15.6. The Balaban J connectivity index is 2.59. The first-order valence-corrected chi connectivity index (χ1v) is 10.4. The van der Waals surface area contributed by atoms with Crippen LogP contribution in [0, 0.1) is 0 Å². The van der Waals surface area contributed by atoms with Gasteiger partial charge in [0.2, 0.25) is 0 Å². The zero-order valence-corrected chi connectivity index (χ0v) is 15.2. The van der Waals surface area contributed by atoms with Gasteiger partial charge in [0.05, 0.1) is 8.07 Å². The molecular formula is C19H30Si. The van der Waals surface area contributed by atoms with E-state index in [9.17, 15) is 0 Å². The molecule has 1 unspecified atom stereocenters. The van der Waals surface area contributed by atoms with Crippen molar-refractivity contribution in [3.8, 4) is 0 Å². The minimum atomic E-state index is -1.49. The summed E-state index contributed by atoms with van der Waals surface area (Å²) in [4.78, 5) is 0. The van der Waals surface area contributed by atoms with E-state index in [0.29, 0.717) is 5.92 Å². The molecule has 1 aliphatic rings. The Morgan fingerprint density at radius 3 is 1.80 bits per heavy atom. The van der Waals surface area contributed by atoms with Crippen molar-refractivity contribution in [2.75, 3.05) is 0 Å². The molecule has 20 heavy (non-hydrogen) atoms. The van der Waals surface area contributed by atoms with Gasteiger partial charge in [0.15, 0.2) is 0 Å². The van der Waals surface area contributed by atoms with Gasteiger partial charge in [-0.05, 0) is 33.7 Å². The lowest BCUT2D eigenvalue weighted by atomic mass is 10.0. The van der Waals surface area contributed by atoms with Crippen LogP contribution in [0.5, 0.6) is 0 Å². The molecule has 0 amide bonds. The van der Waals surface area contributed by atoms with Crippen LogP contribution >= 0.6 is 0 Å². The fourth-order valence-corrected chi connectivity index (χ4v) is 12.3. The Labute approximate surface area is 126 Å². The average Bonchev–Trinajstić information content (AvgIpc) is 2.67. The molecule has 0 radical (unpaired) electrons. The van der Waals surface area contributed by atoms with Gasteiger partial charge in [0.1, 0.15) is 0 Å². The second-order valence-electron chi connectivity index (χ2n) is 7.35. The molecule has 110 valence electrons. The molecule has 1 atom stereocenters. The van der Waals surface area contributed by atoms with Crippen molar-refractivity contribution in [3.63, 3.8) is 0 Å². The second-order valence-corrected chi connectivity index (χ2v) is 13.3. The van der Waals surface area contributed by atoms with Gasteiger partial charge < -0.3 is 0 Å². The van der Waals surface area contributed by atoms with Crippen molar-refractivity contribution in [3.05, 3.63) is 40.6 Å². The van der Waals surface area contributed by atoms with Gasteiger partial charge in [0, 0.05) is 0 Å². The quantitative estimate of drug-likeness (QED) is 0.561. The summed E-state index contributed by atoms with van der Waals surface area (Å²) in [5.74, 6) is 0.616. The molecule has 0 fully saturated rings. The molecule has 0 N–H and O–H groups in total. The molecule has 1 heteroatoms. The number of hydrogen-bond donors (Lipinski definition) is 0. The van der Waals surface area contributed by atoms with Crippen LogP contribution < -0.4 is 0 Å². The SMILES string of the molecule is CC1C([Si](C(C)C)(C(C)C)C(C)C)=Cc2ccccc21. The van der Waals surface area contributed by atoms with Crippen LogP contribution in [0.15, 0.2) is 29.5 Å². The Hall–Kier alpha value is -0.823. The molecule has 1 aliphatic carbocycles. The average molecular weight is 287 g/mol. The number of fused-ring (bicyclic) bond motifs is 1. The third kappa shape index (κ3) is 2.11. The lowest BCUT2D eigenvalue weighted by molar-refractivity contribution is 0.800. The normalized spacial score (nSPS) is 18.9. The molecule has 0 aromatic heterocycles. The minimum absolute atomic E-state index is 0.616. The fraction of sp³-hybridized carbons (Fsp3) is 0.579. The summed E-state index contributed by atoms with van der Waals surface area (Å²) in [5.41, 5.74) is 5.40. The van der Waals surface area contributed by atoms with E-state index >= 15 is 0 Å². The van der Waals surface area contributed by atoms with Crippen molar-refractivity contribution >= 4 is 14.1 Å². The predicted octanol–water partition coefficient (Wildman–Crippen LogP) is 6.41. The number of benzene rings is 1. The summed E-state index contributed by atoms with van der Waals surface area (Å²) in [5, 5.41) is 1.79. The lowest BCUT2D eigenvalue weighted by Gasteiger charge is -2.46. The molecule has 2 rings (SSSR count). The van der Waals surface area contributed by atoms with Gasteiger partial charge in [0.25, 0.3) is 0 Å². The summed E-state index contributed by atoms with van der Waals surface area (Å²) < 4.78 is 0. The second kappa shape index (κ2) is 5.52. The van der Waals surface area contributed by atoms with Crippen molar-refractivity contribution in [2.45, 2.75) is 71.0 Å². The molecule has 1 aromatic carbocycles. The zero-order chi connectivity index (χ0) is 15.1. The van der Waals surface area contributed by atoms with Crippen LogP contribution in [0.3, 0.4) is 0 Å². The van der Waals surface area contributed by atoms with Crippen LogP contribution in [0.2, 0.25) is 16.6 Å². The fourth-order valence-electron chi connectivity index (χ4n) is 5.00. The van der Waals surface area contributed by atoms with E-state index in [-0.39, 0.29) is 0 Å². The summed E-state index contributed by atoms with van der Waals surface area (Å²) >= 11 is 0. The van der Waals surface area contributed by atoms with Crippen LogP contribution in [0.1, 0.15) is 65.5 Å². The van der Waals surface area contributed by atoms with Gasteiger partial charge in [-0.25, -0.2) is 0 Å². The van der Waals surface area contributed by atoms with Gasteiger partial charge in [-0.2, -0.15) is 0 Å². The molecule has 0 heterocycles. The molecule has 0 spiro atoms. The first-order chi connectivity index (χ1) is 9.33. The summed E-state index contributed by atoms with van der Waals surface area (Å²) in [7, 11) is -1.49. The van der Waals surface area contributed by atoms with Crippen LogP contribution in [0.4, 0.5) is 0 Å². The van der Waals surface area contributed by atoms with E-state index in [4.69, 9.17) is 0 Å². The molecule has 0 saturated carbocycles. The van der Waals surface area contributed by atoms with Crippen LogP contribution in [-0.4, -0.2) is 8.07 Å². The van der Waals surface area contributed by atoms with Gasteiger partial charge in [-0.3, -0.25) is 0 Å². The summed E-state index contributed by atoms with van der Waals surface area (Å²) in [6, 6.07) is 8.98. The molecule has 0 saturated heterocycles. The van der Waals surface area contributed by atoms with Crippen LogP contribution in [0.25, 0.3) is 6.08 Å². The van der Waals surface area contributed by atoms with E-state index in [1.54, 1.807) is 10.8 Å². The summed E-state index contributed by atoms with van der Waals surface area (Å²) in [6.07, 6.45) is 2.55. The highest BCUT2D eigenvalue weighted by Crippen LogP contribution is 2.53. The van der Waals surface area contributed by atoms with E-state index in [0.717, 1.165) is 16.6 Å². The Morgan fingerprint density at radius 2 is 1.35 bits per heavy atom. The van der Waals surface area contributed by atoms with E-state index in [1.165, 1.54) is 5.56 Å². The van der Waals surface area contributed by atoms with Gasteiger partial charge in [-0.1, -0.05) is 84.0 Å². The smallest absolute Gasteiger partial charge is 0.0719 e. The van der Waals surface area contributed by atoms with Crippen molar-refractivity contribution in [1.82, 2.24) is 0 Å². The minimum Gasteiger partial charge on any atom is -0.0719 e. The molecule has 1 aromatic rings. The first-order valence-electron chi connectivity index (χ1n) is 8.14. The third-order valence-corrected chi connectivity index (χ3v) is 12.9. The Kier molecular flexibility index (Phi) is 4.29. The Bertz CT molecular complexity index is 486. The summed E-state index contributed by atoms with van der Waals surface area (Å²) in [6.45, 7) is 17.2. The zero-order valence-electron chi connectivity index (χ0n) is 14.2. The van der Waals surface area contributed by atoms with Crippen molar-refractivity contribution < 1.29 is 0 Å². The Morgan fingerprint density at radius 1 is 0.850 bits per heavy atom. The largest absolute Gasteiger partial charge is 0.0899 e. The maximum Gasteiger partial charge on any atom is 0.0899 e. The topological polar surface area (TPSA) is 0 Å². The van der Waals surface area contributed by atoms with Crippen LogP contribution in [-0.2, 0) is 0 Å². The monoisotopic (exact) mass is 286 g/mol. The lowest BCUT2D eigenvalue weighted by Crippen LogP contribution is -2.47. The molecular weight excluding hydrogens is 256 g/mol. The van der Waals surface area contributed by atoms with Gasteiger partial charge >= 0.3 is 0 Å². The predicted molar refractivity (Wildman–Crippen MR) is 93.9 cm³/mol. The maximum absolute atomic E-state index is 2.55. The third-order valence-electron chi connectivity index (χ3n) is 5.61. The standard InChI is InChI=1S/C19H30Si/c1-13(2)20(14(3)4,15(5)6)19-12-17-10-8-9-11-18(17)16(19)7/h8-16H,1-7H3. The highest BCUT2D eigenvalue weighted by atomic mass is 28.3.